The number of amides is 2. The first kappa shape index (κ1) is 32.5. The highest BCUT2D eigenvalue weighted by molar-refractivity contribution is 5.74. The molecular weight excluding hydrogens is 533 g/mol. The van der Waals surface area contributed by atoms with Gasteiger partial charge in [-0.1, -0.05) is 0 Å². The van der Waals surface area contributed by atoms with Crippen molar-refractivity contribution in [3.05, 3.63) is 35.1 Å². The van der Waals surface area contributed by atoms with E-state index in [1.165, 1.54) is 0 Å². The Balaban J connectivity index is 1.72. The molecule has 6 nitrogen and oxygen atoms in total. The summed E-state index contributed by atoms with van der Waals surface area (Å²) in [4.78, 5) is 14.9. The van der Waals surface area contributed by atoms with Gasteiger partial charge in [-0.2, -0.15) is 0 Å². The largest absolute Gasteiger partial charge is 0.385 e. The lowest BCUT2D eigenvalue weighted by Gasteiger charge is -2.43. The lowest BCUT2D eigenvalue weighted by Crippen LogP contribution is -2.54. The molecule has 1 heterocycles. The Morgan fingerprint density at radius 3 is 2.60 bits per heavy atom. The van der Waals surface area contributed by atoms with Crippen molar-refractivity contribution in [3.8, 4) is 0 Å². The van der Waals surface area contributed by atoms with E-state index in [1.807, 2.05) is 6.92 Å². The molecule has 2 amide bonds. The smallest absolute Gasteiger partial charge is 0.317 e. The molecule has 40 heavy (non-hydrogen) atoms. The van der Waals surface area contributed by atoms with Gasteiger partial charge >= 0.3 is 6.03 Å². The summed E-state index contributed by atoms with van der Waals surface area (Å²) >= 11 is 0. The molecule has 1 unspecified atom stereocenters. The van der Waals surface area contributed by atoms with Crippen LogP contribution in [0.4, 0.5) is 26.7 Å². The molecule has 0 spiro atoms. The molecular formula is C29H44F5N3O3. The second kappa shape index (κ2) is 14.8. The van der Waals surface area contributed by atoms with Gasteiger partial charge in [0.2, 0.25) is 5.92 Å². The fraction of sp³-hybridized carbons (Fsp3) is 0.759. The molecule has 0 radical (unpaired) electrons. The van der Waals surface area contributed by atoms with Crippen molar-refractivity contribution >= 4 is 6.03 Å². The average Bonchev–Trinajstić information content (AvgIpc) is 2.91. The van der Waals surface area contributed by atoms with E-state index in [2.05, 4.69) is 10.6 Å². The van der Waals surface area contributed by atoms with E-state index in [-0.39, 0.29) is 43.8 Å². The summed E-state index contributed by atoms with van der Waals surface area (Å²) in [7, 11) is 1.75. The Bertz CT molecular complexity index is 959. The van der Waals surface area contributed by atoms with Crippen LogP contribution in [0.1, 0.15) is 76.7 Å². The van der Waals surface area contributed by atoms with Gasteiger partial charge in [-0.15, -0.1) is 0 Å². The number of ether oxygens (including phenoxy) is 1. The molecule has 1 saturated carbocycles. The number of unbranched alkanes of at least 4 members (excludes halogenated alkanes) is 1. The second-order valence-corrected chi connectivity index (χ2v) is 11.4. The zero-order chi connectivity index (χ0) is 29.3. The standard InChI is InChI=1S/C29H44F5N3O3/c1-3-40-14-5-4-10-29(39,24-16-22(30)17-25(31)26(24)32)21-7-6-13-37(19-21)27(38)36-23(18-35-2)15-20-8-11-28(33,34)12-9-20/h16-17,20-21,23,35,39H,3-15,18-19H2,1-2H3,(H,36,38)/t21-,23?,29+/m1/s1. The van der Waals surface area contributed by atoms with Crippen LogP contribution < -0.4 is 10.6 Å². The maximum absolute atomic E-state index is 15.0. The van der Waals surface area contributed by atoms with E-state index in [9.17, 15) is 31.9 Å². The number of hydrogen-bond acceptors (Lipinski definition) is 4. The first-order valence-corrected chi connectivity index (χ1v) is 14.5. The van der Waals surface area contributed by atoms with E-state index < -0.39 is 40.5 Å². The van der Waals surface area contributed by atoms with Crippen LogP contribution in [-0.4, -0.2) is 67.9 Å². The van der Waals surface area contributed by atoms with Gasteiger partial charge in [0, 0.05) is 69.3 Å². The van der Waals surface area contributed by atoms with Crippen molar-refractivity contribution in [1.82, 2.24) is 15.5 Å². The predicted octanol–water partition coefficient (Wildman–Crippen LogP) is 5.72. The number of carbonyl (C=O) groups excluding carboxylic acids is 1. The van der Waals surface area contributed by atoms with Crippen LogP contribution in [0.25, 0.3) is 0 Å². The number of urea groups is 1. The maximum atomic E-state index is 15.0. The van der Waals surface area contributed by atoms with Crippen molar-refractivity contribution in [2.24, 2.45) is 11.8 Å². The minimum atomic E-state index is -2.62. The van der Waals surface area contributed by atoms with Crippen molar-refractivity contribution in [3.63, 3.8) is 0 Å². The summed E-state index contributed by atoms with van der Waals surface area (Å²) in [6.07, 6.45) is 3.10. The SMILES string of the molecule is CCOCCCC[C@@](O)(c1cc(F)cc(F)c1F)[C@@H]1CCCN(C(=O)NC(CNC)CC2CCC(F)(F)CC2)C1. The molecule has 1 aromatic carbocycles. The van der Waals surface area contributed by atoms with E-state index >= 15 is 0 Å². The molecule has 228 valence electrons. The Morgan fingerprint density at radius 2 is 1.93 bits per heavy atom. The molecule has 0 aromatic heterocycles. The molecule has 11 heteroatoms. The highest BCUT2D eigenvalue weighted by Gasteiger charge is 2.44. The predicted molar refractivity (Wildman–Crippen MR) is 143 cm³/mol. The molecule has 1 aliphatic heterocycles. The molecule has 3 rings (SSSR count). The molecule has 0 bridgehead atoms. The zero-order valence-electron chi connectivity index (χ0n) is 23.6. The second-order valence-electron chi connectivity index (χ2n) is 11.4. The number of nitrogens with one attached hydrogen (secondary N) is 2. The Hall–Kier alpha value is -1.98. The topological polar surface area (TPSA) is 73.8 Å². The van der Waals surface area contributed by atoms with E-state index in [0.29, 0.717) is 77.3 Å². The van der Waals surface area contributed by atoms with Crippen LogP contribution in [0, 0.1) is 29.3 Å². The van der Waals surface area contributed by atoms with Crippen LogP contribution in [-0.2, 0) is 10.3 Å². The van der Waals surface area contributed by atoms with E-state index in [4.69, 9.17) is 4.74 Å². The third kappa shape index (κ3) is 8.76. The van der Waals surface area contributed by atoms with Crippen LogP contribution in [0.3, 0.4) is 0 Å². The first-order valence-electron chi connectivity index (χ1n) is 14.5. The lowest BCUT2D eigenvalue weighted by molar-refractivity contribution is -0.0597. The lowest BCUT2D eigenvalue weighted by atomic mass is 9.74. The molecule has 1 aliphatic carbocycles. The fourth-order valence-corrected chi connectivity index (χ4v) is 6.17. The van der Waals surface area contributed by atoms with Crippen LogP contribution in [0.2, 0.25) is 0 Å². The quantitative estimate of drug-likeness (QED) is 0.159. The average molecular weight is 578 g/mol. The normalized spacial score (nSPS) is 22.1. The van der Waals surface area contributed by atoms with Crippen molar-refractivity contribution in [2.75, 3.05) is 39.9 Å². The molecule has 3 N–H and O–H groups in total. The highest BCUT2D eigenvalue weighted by atomic mass is 19.3. The summed E-state index contributed by atoms with van der Waals surface area (Å²) in [5.41, 5.74) is -2.33. The Labute approximate surface area is 234 Å². The van der Waals surface area contributed by atoms with E-state index in [1.54, 1.807) is 11.9 Å². The van der Waals surface area contributed by atoms with Gasteiger partial charge in [0.25, 0.3) is 0 Å². The number of aliphatic hydroxyl groups is 1. The van der Waals surface area contributed by atoms with Gasteiger partial charge in [-0.25, -0.2) is 26.7 Å². The number of nitrogens with zero attached hydrogens (tertiary/aromatic N) is 1. The summed E-state index contributed by atoms with van der Waals surface area (Å²) in [6.45, 7) is 3.78. The van der Waals surface area contributed by atoms with Gasteiger partial charge in [0.1, 0.15) is 5.82 Å². The number of hydrogen-bond donors (Lipinski definition) is 3. The van der Waals surface area contributed by atoms with Crippen LogP contribution in [0.15, 0.2) is 12.1 Å². The number of rotatable bonds is 13. The third-order valence-electron chi connectivity index (χ3n) is 8.38. The molecule has 1 saturated heterocycles. The third-order valence-corrected chi connectivity index (χ3v) is 8.38. The summed E-state index contributed by atoms with van der Waals surface area (Å²) < 4.78 is 75.9. The van der Waals surface area contributed by atoms with Gasteiger partial charge < -0.3 is 25.4 Å². The van der Waals surface area contributed by atoms with Crippen LogP contribution >= 0.6 is 0 Å². The van der Waals surface area contributed by atoms with Crippen molar-refractivity contribution in [2.45, 2.75) is 88.7 Å². The zero-order valence-corrected chi connectivity index (χ0v) is 23.6. The molecule has 2 aliphatic rings. The minimum Gasteiger partial charge on any atom is -0.385 e. The number of alkyl halides is 2. The fourth-order valence-electron chi connectivity index (χ4n) is 6.17. The number of likely N-dealkylation sites (N-methyl/N-ethyl adjacent to an activating group) is 1. The van der Waals surface area contributed by atoms with Gasteiger partial charge in [-0.05, 0) is 77.3 Å². The van der Waals surface area contributed by atoms with Gasteiger partial charge in [0.15, 0.2) is 11.6 Å². The Morgan fingerprint density at radius 1 is 1.20 bits per heavy atom. The van der Waals surface area contributed by atoms with Crippen molar-refractivity contribution < 1.29 is 36.6 Å². The van der Waals surface area contributed by atoms with Crippen LogP contribution in [0.5, 0.6) is 0 Å². The van der Waals surface area contributed by atoms with Gasteiger partial charge in [-0.3, -0.25) is 0 Å². The number of piperidine rings is 1. The minimum absolute atomic E-state index is 0.0503. The summed E-state index contributed by atoms with van der Waals surface area (Å²) in [5, 5.41) is 17.9. The molecule has 1 aromatic rings. The number of benzene rings is 1. The monoisotopic (exact) mass is 577 g/mol. The number of likely N-dealkylation sites (tertiary alicyclic amines) is 1. The summed E-state index contributed by atoms with van der Waals surface area (Å²) in [6, 6.07) is 0.651. The van der Waals surface area contributed by atoms with Crippen molar-refractivity contribution in [1.29, 1.82) is 0 Å². The maximum Gasteiger partial charge on any atom is 0.317 e. The molecule has 2 fully saturated rings. The number of carbonyl (C=O) groups is 1. The molecule has 3 atom stereocenters. The van der Waals surface area contributed by atoms with E-state index in [0.717, 1.165) is 6.07 Å². The Kier molecular flexibility index (Phi) is 12.0. The highest BCUT2D eigenvalue weighted by Crippen LogP contribution is 2.42. The number of halogens is 5. The summed E-state index contributed by atoms with van der Waals surface area (Å²) in [5.74, 6) is -6.84. The first-order chi connectivity index (χ1) is 19.0. The van der Waals surface area contributed by atoms with Gasteiger partial charge in [0.05, 0.1) is 5.60 Å².